The van der Waals surface area contributed by atoms with E-state index in [0.717, 1.165) is 97.4 Å². The fourth-order valence-corrected chi connectivity index (χ4v) is 15.2. The molecule has 10 fully saturated rings. The summed E-state index contributed by atoms with van der Waals surface area (Å²) in [4.78, 5) is 20.4. The van der Waals surface area contributed by atoms with Crippen LogP contribution in [0.3, 0.4) is 0 Å². The Morgan fingerprint density at radius 2 is 1.02 bits per heavy atom. The van der Waals surface area contributed by atoms with Crippen LogP contribution in [-0.2, 0) is 9.31 Å². The number of H-pyrrole nitrogens is 2. The lowest BCUT2D eigenvalue weighted by molar-refractivity contribution is -0.138. The highest BCUT2D eigenvalue weighted by Gasteiger charge is 2.59. The molecule has 0 amide bonds. The monoisotopic (exact) mass is 808 g/mol. The SMILES string of the molecule is CC1(C)CCN2N=C(C3C4CC5CC3CC(O)(C5)C4)c3c(cnc4[nH]ccc34)B2O1.CC1(C)CCN2N=C(C3C4CC5CC3CC(O)(C5)C4)c3c(cnc4[nH]ccc34)B2O1. The van der Waals surface area contributed by atoms with Crippen molar-refractivity contribution < 1.29 is 19.5 Å². The third kappa shape index (κ3) is 5.58. The molecule has 14 heteroatoms. The van der Waals surface area contributed by atoms with Gasteiger partial charge in [0.2, 0.25) is 0 Å². The van der Waals surface area contributed by atoms with Gasteiger partial charge in [0.1, 0.15) is 11.3 Å². The molecule has 4 aromatic heterocycles. The fraction of sp³-hybridized carbons (Fsp3) is 0.652. The van der Waals surface area contributed by atoms with E-state index in [-0.39, 0.29) is 25.3 Å². The van der Waals surface area contributed by atoms with Gasteiger partial charge in [-0.05, 0) is 152 Å². The van der Waals surface area contributed by atoms with Crippen LogP contribution in [0.4, 0.5) is 0 Å². The highest BCUT2D eigenvalue weighted by atomic mass is 16.5. The molecule has 4 aliphatic heterocycles. The third-order valence-electron chi connectivity index (χ3n) is 17.2. The van der Waals surface area contributed by atoms with Crippen LogP contribution in [0, 0.1) is 47.3 Å². The van der Waals surface area contributed by atoms with E-state index in [1.165, 1.54) is 48.2 Å². The number of hydrazone groups is 2. The molecule has 0 spiro atoms. The maximum atomic E-state index is 11.1. The summed E-state index contributed by atoms with van der Waals surface area (Å²) < 4.78 is 13.1. The highest BCUT2D eigenvalue weighted by molar-refractivity contribution is 6.68. The summed E-state index contributed by atoms with van der Waals surface area (Å²) >= 11 is 0. The van der Waals surface area contributed by atoms with E-state index in [2.05, 4.69) is 59.6 Å². The van der Waals surface area contributed by atoms with E-state index in [9.17, 15) is 10.2 Å². The normalized spacial score (nSPS) is 38.6. The molecule has 4 N–H and O–H groups in total. The van der Waals surface area contributed by atoms with Crippen LogP contribution >= 0.6 is 0 Å². The van der Waals surface area contributed by atoms with Gasteiger partial charge in [0, 0.05) is 93.7 Å². The Morgan fingerprint density at radius 3 is 1.40 bits per heavy atom. The number of aromatic amines is 2. The second kappa shape index (κ2) is 12.5. The maximum Gasteiger partial charge on any atom is 0.471 e. The zero-order valence-corrected chi connectivity index (χ0v) is 35.5. The van der Waals surface area contributed by atoms with Gasteiger partial charge < -0.3 is 39.3 Å². The first-order valence-electron chi connectivity index (χ1n) is 23.2. The van der Waals surface area contributed by atoms with Crippen LogP contribution in [0.2, 0.25) is 0 Å². The Labute approximate surface area is 352 Å². The maximum absolute atomic E-state index is 11.1. The van der Waals surface area contributed by atoms with Crippen molar-refractivity contribution in [1.29, 1.82) is 0 Å². The molecular formula is C46H58B2N8O4. The van der Waals surface area contributed by atoms with Gasteiger partial charge in [-0.3, -0.25) is 0 Å². The Bertz CT molecular complexity index is 2290. The number of hydrogen-bond acceptors (Lipinski definition) is 10. The average molecular weight is 809 g/mol. The van der Waals surface area contributed by atoms with E-state index >= 15 is 0 Å². The smallest absolute Gasteiger partial charge is 0.407 e. The average Bonchev–Trinajstić information content (AvgIpc) is 3.87. The largest absolute Gasteiger partial charge is 0.471 e. The van der Waals surface area contributed by atoms with Crippen LogP contribution in [-0.4, -0.2) is 101 Å². The number of rotatable bonds is 2. The van der Waals surface area contributed by atoms with Gasteiger partial charge in [-0.25, -0.2) is 9.97 Å². The number of nitrogens with one attached hydrogen (secondary N) is 2. The van der Waals surface area contributed by atoms with Crippen molar-refractivity contribution in [2.45, 2.75) is 127 Å². The molecule has 8 heterocycles. The summed E-state index contributed by atoms with van der Waals surface area (Å²) in [5.74, 6) is 4.40. The minimum atomic E-state index is -0.423. The van der Waals surface area contributed by atoms with Crippen molar-refractivity contribution in [2.75, 3.05) is 13.1 Å². The quantitative estimate of drug-likeness (QED) is 0.199. The minimum Gasteiger partial charge on any atom is -0.407 e. The van der Waals surface area contributed by atoms with E-state index < -0.39 is 11.2 Å². The molecule has 2 saturated heterocycles. The molecule has 60 heavy (non-hydrogen) atoms. The van der Waals surface area contributed by atoms with Gasteiger partial charge >= 0.3 is 14.1 Å². The van der Waals surface area contributed by atoms with Crippen LogP contribution in [0.5, 0.6) is 0 Å². The van der Waals surface area contributed by atoms with Gasteiger partial charge in [-0.2, -0.15) is 10.2 Å². The van der Waals surface area contributed by atoms with Crippen molar-refractivity contribution in [3.8, 4) is 0 Å². The van der Waals surface area contributed by atoms with Crippen molar-refractivity contribution in [3.05, 3.63) is 48.0 Å². The summed E-state index contributed by atoms with van der Waals surface area (Å²) in [6.07, 6.45) is 20.6. The Morgan fingerprint density at radius 1 is 0.617 bits per heavy atom. The van der Waals surface area contributed by atoms with E-state index in [0.29, 0.717) is 47.3 Å². The van der Waals surface area contributed by atoms with Crippen LogP contribution in [0.1, 0.15) is 116 Å². The van der Waals surface area contributed by atoms with Crippen LogP contribution in [0.25, 0.3) is 22.1 Å². The zero-order chi connectivity index (χ0) is 40.5. The summed E-state index contributed by atoms with van der Waals surface area (Å²) in [6.45, 7) is 10.5. The predicted molar refractivity (Wildman–Crippen MR) is 233 cm³/mol. The molecule has 0 aromatic carbocycles. The Kier molecular flexibility index (Phi) is 7.67. The third-order valence-corrected chi connectivity index (χ3v) is 17.2. The molecule has 12 nitrogen and oxygen atoms in total. The molecule has 8 aliphatic carbocycles. The van der Waals surface area contributed by atoms with Gasteiger partial charge in [0.25, 0.3) is 0 Å². The van der Waals surface area contributed by atoms with Gasteiger partial charge in [0.05, 0.1) is 22.6 Å². The number of nitrogens with zero attached hydrogens (tertiary/aromatic N) is 6. The van der Waals surface area contributed by atoms with Gasteiger partial charge in [-0.15, -0.1) is 0 Å². The lowest BCUT2D eigenvalue weighted by atomic mass is 9.48. The Balaban J connectivity index is 0.000000123. The van der Waals surface area contributed by atoms with Crippen LogP contribution in [0.15, 0.2) is 47.1 Å². The van der Waals surface area contributed by atoms with E-state index in [4.69, 9.17) is 29.5 Å². The second-order valence-electron chi connectivity index (χ2n) is 22.4. The predicted octanol–water partition coefficient (Wildman–Crippen LogP) is 5.33. The van der Waals surface area contributed by atoms with Crippen molar-refractivity contribution in [3.63, 3.8) is 0 Å². The molecule has 4 atom stereocenters. The molecule has 16 rings (SSSR count). The molecule has 4 aromatic rings. The molecule has 8 saturated carbocycles. The number of fused-ring (bicyclic) bond motifs is 10. The molecule has 4 unspecified atom stereocenters. The van der Waals surface area contributed by atoms with Crippen molar-refractivity contribution in [2.24, 2.45) is 57.5 Å². The van der Waals surface area contributed by atoms with Crippen molar-refractivity contribution in [1.82, 2.24) is 29.8 Å². The topological polar surface area (TPSA) is 147 Å². The van der Waals surface area contributed by atoms with E-state index in [1.807, 2.05) is 24.8 Å². The van der Waals surface area contributed by atoms with Gasteiger partial charge in [-0.1, -0.05) is 0 Å². The number of aromatic nitrogens is 4. The number of hydrogen-bond donors (Lipinski definition) is 4. The number of pyridine rings is 2. The standard InChI is InChI=1S/2C23H29BN4O2/c2*1-22(2)4-6-28-24(30-22)17-12-26-21-16(3-5-25-21)19(17)20(27-28)18-14-7-13-8-15(18)11-23(29,9-13)10-14/h2*3,5,12-15,18,29H,4,6-11H2,1-2H3,(H,25,26). The second-order valence-corrected chi connectivity index (χ2v) is 22.4. The molecule has 8 bridgehead atoms. The lowest BCUT2D eigenvalue weighted by Gasteiger charge is -2.58. The zero-order valence-electron chi connectivity index (χ0n) is 35.5. The number of aliphatic hydroxyl groups is 2. The lowest BCUT2D eigenvalue weighted by Crippen LogP contribution is -2.63. The summed E-state index contributed by atoms with van der Waals surface area (Å²) in [6, 6.07) is 4.29. The first-order valence-corrected chi connectivity index (χ1v) is 23.2. The summed E-state index contributed by atoms with van der Waals surface area (Å²) in [5.41, 5.74) is 7.94. The summed E-state index contributed by atoms with van der Waals surface area (Å²) in [5, 5.41) is 35.2. The van der Waals surface area contributed by atoms with Crippen LogP contribution < -0.4 is 10.9 Å². The minimum absolute atomic E-state index is 0.162. The fourth-order valence-electron chi connectivity index (χ4n) is 15.2. The first kappa shape index (κ1) is 36.9. The Hall–Kier alpha value is -3.71. The van der Waals surface area contributed by atoms with Gasteiger partial charge in [0.15, 0.2) is 0 Å². The summed E-state index contributed by atoms with van der Waals surface area (Å²) in [7, 11) is -0.333. The molecule has 0 radical (unpaired) electrons. The van der Waals surface area contributed by atoms with E-state index in [1.54, 1.807) is 0 Å². The molecule has 312 valence electrons. The highest BCUT2D eigenvalue weighted by Crippen LogP contribution is 2.61. The molecular weight excluding hydrogens is 750 g/mol. The molecule has 12 aliphatic rings. The van der Waals surface area contributed by atoms with Crippen molar-refractivity contribution >= 4 is 58.5 Å². The first-order chi connectivity index (χ1) is 28.8.